The Hall–Kier alpha value is -0.360. The Labute approximate surface area is 89.2 Å². The fraction of sp³-hybridized carbons (Fsp3) is 0.875. The van der Waals surface area contributed by atoms with Gasteiger partial charge < -0.3 is 19.9 Å². The summed E-state index contributed by atoms with van der Waals surface area (Å²) >= 11 is 0. The first-order valence-electron chi connectivity index (χ1n) is 4.19. The lowest BCUT2D eigenvalue weighted by atomic mass is 9.89. The number of nitrogens with one attached hydrogen (secondary N) is 1. The van der Waals surface area contributed by atoms with Crippen LogP contribution in [0.4, 0.5) is 0 Å². The summed E-state index contributed by atoms with van der Waals surface area (Å²) in [7, 11) is 2.90. The molecule has 2 N–H and O–H groups in total. The molecule has 1 heterocycles. The third-order valence-electron chi connectivity index (χ3n) is 2.53. The van der Waals surface area contributed by atoms with E-state index in [0.717, 1.165) is 0 Å². The van der Waals surface area contributed by atoms with Gasteiger partial charge in [0.15, 0.2) is 5.60 Å². The van der Waals surface area contributed by atoms with Gasteiger partial charge in [-0.2, -0.15) is 0 Å². The highest BCUT2D eigenvalue weighted by atomic mass is 35.5. The monoisotopic (exact) mass is 225 g/mol. The van der Waals surface area contributed by atoms with E-state index >= 15 is 0 Å². The Kier molecular flexibility index (Phi) is 5.36. The molecular weight excluding hydrogens is 210 g/mol. The maximum absolute atomic E-state index is 11.0. The predicted octanol–water partition coefficient (Wildman–Crippen LogP) is -0.114. The van der Waals surface area contributed by atoms with Crippen LogP contribution in [0.5, 0.6) is 0 Å². The summed E-state index contributed by atoms with van der Waals surface area (Å²) in [6, 6.07) is 0. The van der Waals surface area contributed by atoms with Crippen LogP contribution in [0, 0.1) is 0 Å². The van der Waals surface area contributed by atoms with Crippen LogP contribution in [-0.2, 0) is 14.3 Å². The fourth-order valence-corrected chi connectivity index (χ4v) is 1.67. The fourth-order valence-electron chi connectivity index (χ4n) is 1.67. The van der Waals surface area contributed by atoms with Crippen molar-refractivity contribution in [3.8, 4) is 0 Å². The van der Waals surface area contributed by atoms with E-state index in [9.17, 15) is 4.79 Å². The van der Waals surface area contributed by atoms with E-state index in [-0.39, 0.29) is 12.4 Å². The molecule has 1 aliphatic rings. The highest BCUT2D eigenvalue weighted by molar-refractivity contribution is 5.85. The lowest BCUT2D eigenvalue weighted by Crippen LogP contribution is -2.60. The van der Waals surface area contributed by atoms with Crippen LogP contribution in [-0.4, -0.2) is 50.1 Å². The van der Waals surface area contributed by atoms with E-state index in [0.29, 0.717) is 19.5 Å². The third kappa shape index (κ3) is 2.17. The maximum Gasteiger partial charge on any atom is 0.338 e. The minimum atomic E-state index is -1.18. The van der Waals surface area contributed by atoms with Crippen molar-refractivity contribution < 1.29 is 19.4 Å². The molecule has 1 rings (SSSR count). The number of aliphatic carboxylic acids is 1. The first-order chi connectivity index (χ1) is 6.17. The van der Waals surface area contributed by atoms with Crippen molar-refractivity contribution in [2.24, 2.45) is 0 Å². The Bertz CT molecular complexity index is 202. The molecule has 0 aromatic carbocycles. The first kappa shape index (κ1) is 13.6. The molecule has 1 aliphatic heterocycles. The second-order valence-corrected chi connectivity index (χ2v) is 3.08. The van der Waals surface area contributed by atoms with Crippen molar-refractivity contribution in [1.82, 2.24) is 5.32 Å². The molecule has 14 heavy (non-hydrogen) atoms. The number of ether oxygens (including phenoxy) is 2. The molecule has 5 nitrogen and oxygen atoms in total. The SMILES string of the molecule is CO[C@H]1CNCC[C@]1(OC)C(=O)O.Cl. The Morgan fingerprint density at radius 3 is 2.57 bits per heavy atom. The lowest BCUT2D eigenvalue weighted by molar-refractivity contribution is -0.185. The molecule has 2 atom stereocenters. The van der Waals surface area contributed by atoms with Crippen molar-refractivity contribution in [3.05, 3.63) is 0 Å². The van der Waals surface area contributed by atoms with Crippen LogP contribution in [0.15, 0.2) is 0 Å². The zero-order valence-electron chi connectivity index (χ0n) is 8.28. The van der Waals surface area contributed by atoms with Gasteiger partial charge in [0.2, 0.25) is 0 Å². The quantitative estimate of drug-likeness (QED) is 0.702. The maximum atomic E-state index is 11.0. The van der Waals surface area contributed by atoms with E-state index < -0.39 is 17.7 Å². The third-order valence-corrected chi connectivity index (χ3v) is 2.53. The minimum Gasteiger partial charge on any atom is -0.479 e. The van der Waals surface area contributed by atoms with Crippen molar-refractivity contribution >= 4 is 18.4 Å². The predicted molar refractivity (Wildman–Crippen MR) is 52.9 cm³/mol. The van der Waals surface area contributed by atoms with E-state index in [1.165, 1.54) is 14.2 Å². The van der Waals surface area contributed by atoms with Gasteiger partial charge in [0.05, 0.1) is 0 Å². The molecule has 0 saturated carbocycles. The summed E-state index contributed by atoms with van der Waals surface area (Å²) in [5.41, 5.74) is -1.18. The summed E-state index contributed by atoms with van der Waals surface area (Å²) in [6.07, 6.45) is 0.000833. The smallest absolute Gasteiger partial charge is 0.338 e. The number of rotatable bonds is 3. The van der Waals surface area contributed by atoms with Crippen molar-refractivity contribution in [1.29, 1.82) is 0 Å². The van der Waals surface area contributed by atoms with E-state index in [2.05, 4.69) is 5.32 Å². The number of carboxylic acid groups (broad SMARTS) is 1. The van der Waals surface area contributed by atoms with Crippen molar-refractivity contribution in [2.45, 2.75) is 18.1 Å². The van der Waals surface area contributed by atoms with Crippen molar-refractivity contribution in [2.75, 3.05) is 27.3 Å². The minimum absolute atomic E-state index is 0. The summed E-state index contributed by atoms with van der Waals surface area (Å²) in [4.78, 5) is 11.0. The lowest BCUT2D eigenvalue weighted by Gasteiger charge is -2.38. The molecule has 0 radical (unpaired) electrons. The van der Waals surface area contributed by atoms with Crippen LogP contribution in [0.1, 0.15) is 6.42 Å². The van der Waals surface area contributed by atoms with Crippen LogP contribution in [0.25, 0.3) is 0 Å². The highest BCUT2D eigenvalue weighted by Gasteiger charge is 2.48. The van der Waals surface area contributed by atoms with E-state index in [1.54, 1.807) is 0 Å². The molecule has 6 heteroatoms. The number of carbonyl (C=O) groups is 1. The van der Waals surface area contributed by atoms with E-state index in [4.69, 9.17) is 14.6 Å². The number of carboxylic acids is 1. The summed E-state index contributed by atoms with van der Waals surface area (Å²) in [5, 5.41) is 12.1. The second kappa shape index (κ2) is 5.50. The molecule has 0 amide bonds. The van der Waals surface area contributed by atoms with Gasteiger partial charge in [-0.25, -0.2) is 4.79 Å². The van der Waals surface area contributed by atoms with Gasteiger partial charge in [-0.15, -0.1) is 12.4 Å². The average molecular weight is 226 g/mol. The molecule has 1 fully saturated rings. The van der Waals surface area contributed by atoms with Crippen LogP contribution >= 0.6 is 12.4 Å². The van der Waals surface area contributed by atoms with Gasteiger partial charge in [0.1, 0.15) is 6.10 Å². The summed E-state index contributed by atoms with van der Waals surface area (Å²) in [6.45, 7) is 1.15. The highest BCUT2D eigenvalue weighted by Crippen LogP contribution is 2.25. The molecule has 0 bridgehead atoms. The number of hydrogen-bond acceptors (Lipinski definition) is 4. The van der Waals surface area contributed by atoms with Gasteiger partial charge in [-0.3, -0.25) is 0 Å². The summed E-state index contributed by atoms with van der Waals surface area (Å²) in [5.74, 6) is -0.955. The van der Waals surface area contributed by atoms with Crippen LogP contribution in [0.3, 0.4) is 0 Å². The topological polar surface area (TPSA) is 67.8 Å². The largest absolute Gasteiger partial charge is 0.479 e. The molecule has 0 aromatic rings. The number of piperidine rings is 1. The molecule has 1 saturated heterocycles. The summed E-state index contributed by atoms with van der Waals surface area (Å²) < 4.78 is 10.2. The number of hydrogen-bond donors (Lipinski definition) is 2. The first-order valence-corrected chi connectivity index (χ1v) is 4.19. The second-order valence-electron chi connectivity index (χ2n) is 3.08. The van der Waals surface area contributed by atoms with Crippen LogP contribution in [0.2, 0.25) is 0 Å². The zero-order chi connectivity index (χ0) is 9.90. The van der Waals surface area contributed by atoms with Crippen molar-refractivity contribution in [3.63, 3.8) is 0 Å². The van der Waals surface area contributed by atoms with Gasteiger partial charge in [-0.05, 0) is 6.54 Å². The zero-order valence-corrected chi connectivity index (χ0v) is 9.10. The van der Waals surface area contributed by atoms with Gasteiger partial charge >= 0.3 is 5.97 Å². The molecule has 84 valence electrons. The number of methoxy groups -OCH3 is 2. The van der Waals surface area contributed by atoms with E-state index in [1.807, 2.05) is 0 Å². The Morgan fingerprint density at radius 1 is 1.57 bits per heavy atom. The molecule has 0 unspecified atom stereocenters. The Balaban J connectivity index is 0.00000169. The van der Waals surface area contributed by atoms with Gasteiger partial charge in [0.25, 0.3) is 0 Å². The molecule has 0 aliphatic carbocycles. The molecular formula is C8H16ClNO4. The standard InChI is InChI=1S/C8H15NO4.ClH/c1-12-6-5-9-4-3-8(6,13-2)7(10)11;/h6,9H,3-5H2,1-2H3,(H,10,11);1H/t6-,8+;/m0./s1. The molecule has 0 spiro atoms. The normalized spacial score (nSPS) is 32.0. The average Bonchev–Trinajstić information content (AvgIpc) is 2.17. The number of halogens is 1. The van der Waals surface area contributed by atoms with Gasteiger partial charge in [0, 0.05) is 27.2 Å². The van der Waals surface area contributed by atoms with Gasteiger partial charge in [-0.1, -0.05) is 0 Å². The molecule has 0 aromatic heterocycles. The van der Waals surface area contributed by atoms with Crippen LogP contribution < -0.4 is 5.32 Å². The Morgan fingerprint density at radius 2 is 2.21 bits per heavy atom.